The van der Waals surface area contributed by atoms with Crippen LogP contribution in [0.15, 0.2) is 27.1 Å². The van der Waals surface area contributed by atoms with Crippen LogP contribution >= 0.6 is 31.9 Å². The normalized spacial score (nSPS) is 18.1. The molecule has 0 aliphatic heterocycles. The van der Waals surface area contributed by atoms with Crippen molar-refractivity contribution in [3.63, 3.8) is 0 Å². The zero-order chi connectivity index (χ0) is 13.8. The highest BCUT2D eigenvalue weighted by molar-refractivity contribution is 9.11. The van der Waals surface area contributed by atoms with Gasteiger partial charge in [-0.15, -0.1) is 0 Å². The van der Waals surface area contributed by atoms with Crippen LogP contribution in [-0.4, -0.2) is 11.9 Å². The van der Waals surface area contributed by atoms with E-state index in [4.69, 9.17) is 0 Å². The number of carbonyl (C=O) groups excluding carboxylic acids is 1. The third kappa shape index (κ3) is 4.06. The van der Waals surface area contributed by atoms with E-state index in [1.54, 1.807) is 0 Å². The first kappa shape index (κ1) is 15.0. The molecule has 2 rings (SSSR count). The van der Waals surface area contributed by atoms with Gasteiger partial charge >= 0.3 is 0 Å². The number of carbonyl (C=O) groups is 1. The summed E-state index contributed by atoms with van der Waals surface area (Å²) in [4.78, 5) is 12.3. The average molecular weight is 389 g/mol. The Kier molecular flexibility index (Phi) is 5.46. The summed E-state index contributed by atoms with van der Waals surface area (Å²) in [7, 11) is 0. The minimum Gasteiger partial charge on any atom is -0.349 e. The fourth-order valence-corrected chi connectivity index (χ4v) is 3.50. The lowest BCUT2D eigenvalue weighted by atomic mass is 9.84. The lowest BCUT2D eigenvalue weighted by molar-refractivity contribution is 0.0918. The van der Waals surface area contributed by atoms with E-state index in [1.165, 1.54) is 32.1 Å². The van der Waals surface area contributed by atoms with Gasteiger partial charge in [0.05, 0.1) is 5.56 Å². The first-order valence-electron chi connectivity index (χ1n) is 6.84. The van der Waals surface area contributed by atoms with Crippen molar-refractivity contribution < 1.29 is 4.79 Å². The molecule has 1 amide bonds. The number of benzene rings is 1. The lowest BCUT2D eigenvalue weighted by Gasteiger charge is -2.28. The van der Waals surface area contributed by atoms with Gasteiger partial charge in [0.15, 0.2) is 0 Å². The maximum Gasteiger partial charge on any atom is 0.252 e. The van der Waals surface area contributed by atoms with Crippen LogP contribution in [0.1, 0.15) is 49.4 Å². The number of amides is 1. The van der Waals surface area contributed by atoms with Gasteiger partial charge < -0.3 is 5.32 Å². The molecule has 1 aromatic rings. The van der Waals surface area contributed by atoms with Crippen LogP contribution in [0.2, 0.25) is 0 Å². The highest BCUT2D eigenvalue weighted by atomic mass is 79.9. The second-order valence-corrected chi connectivity index (χ2v) is 7.05. The van der Waals surface area contributed by atoms with E-state index < -0.39 is 0 Å². The van der Waals surface area contributed by atoms with Crippen LogP contribution in [0.4, 0.5) is 0 Å². The van der Waals surface area contributed by atoms with Gasteiger partial charge in [0.1, 0.15) is 0 Å². The average Bonchev–Trinajstić information content (AvgIpc) is 2.42. The molecule has 4 heteroatoms. The van der Waals surface area contributed by atoms with Crippen LogP contribution in [0.25, 0.3) is 0 Å². The second-order valence-electron chi connectivity index (χ2n) is 5.28. The maximum atomic E-state index is 12.3. The van der Waals surface area contributed by atoms with Gasteiger partial charge in [-0.25, -0.2) is 0 Å². The van der Waals surface area contributed by atoms with Crippen molar-refractivity contribution in [1.29, 1.82) is 0 Å². The minimum absolute atomic E-state index is 0.00579. The number of hydrogen-bond donors (Lipinski definition) is 1. The van der Waals surface area contributed by atoms with E-state index in [2.05, 4.69) is 44.1 Å². The van der Waals surface area contributed by atoms with Gasteiger partial charge in [0.2, 0.25) is 0 Å². The predicted octanol–water partition coefficient (Wildman–Crippen LogP) is 4.91. The summed E-state index contributed by atoms with van der Waals surface area (Å²) in [5, 5.41) is 3.14. The van der Waals surface area contributed by atoms with E-state index >= 15 is 0 Å². The molecule has 0 heterocycles. The zero-order valence-corrected chi connectivity index (χ0v) is 14.3. The van der Waals surface area contributed by atoms with E-state index in [-0.39, 0.29) is 11.9 Å². The van der Waals surface area contributed by atoms with E-state index in [0.717, 1.165) is 8.95 Å². The van der Waals surface area contributed by atoms with Crippen LogP contribution in [0.3, 0.4) is 0 Å². The summed E-state index contributed by atoms with van der Waals surface area (Å²) < 4.78 is 1.76. The van der Waals surface area contributed by atoms with Crippen molar-refractivity contribution in [2.75, 3.05) is 0 Å². The summed E-state index contributed by atoms with van der Waals surface area (Å²) in [5.41, 5.74) is 0.692. The molecule has 1 fully saturated rings. The molecule has 0 bridgehead atoms. The summed E-state index contributed by atoms with van der Waals surface area (Å²) in [6.45, 7) is 2.12. The largest absolute Gasteiger partial charge is 0.349 e. The molecule has 1 N–H and O–H groups in total. The van der Waals surface area contributed by atoms with Gasteiger partial charge in [-0.3, -0.25) is 4.79 Å². The molecule has 1 unspecified atom stereocenters. The van der Waals surface area contributed by atoms with Crippen molar-refractivity contribution in [3.05, 3.63) is 32.7 Å². The molecular formula is C15H19Br2NO. The van der Waals surface area contributed by atoms with E-state index in [1.807, 2.05) is 18.2 Å². The molecular weight excluding hydrogens is 370 g/mol. The smallest absolute Gasteiger partial charge is 0.252 e. The van der Waals surface area contributed by atoms with Gasteiger partial charge in [-0.05, 0) is 59.8 Å². The Labute approximate surface area is 131 Å². The highest BCUT2D eigenvalue weighted by Gasteiger charge is 2.22. The Morgan fingerprint density at radius 3 is 2.63 bits per heavy atom. The zero-order valence-electron chi connectivity index (χ0n) is 11.1. The summed E-state index contributed by atoms with van der Waals surface area (Å²) in [6.07, 6.45) is 6.41. The molecule has 1 saturated carbocycles. The standard InChI is InChI=1S/C15H19Br2NO/c1-10(11-5-3-2-4-6-11)18-15(19)13-9-12(16)7-8-14(13)17/h7-11H,2-6H2,1H3,(H,18,19). The van der Waals surface area contributed by atoms with Gasteiger partial charge in [-0.1, -0.05) is 35.2 Å². The Bertz CT molecular complexity index is 455. The predicted molar refractivity (Wildman–Crippen MR) is 85.3 cm³/mol. The van der Waals surface area contributed by atoms with E-state index in [0.29, 0.717) is 11.5 Å². The number of halogens is 2. The molecule has 0 spiro atoms. The third-order valence-corrected chi connectivity index (χ3v) is 5.07. The highest BCUT2D eigenvalue weighted by Crippen LogP contribution is 2.27. The SMILES string of the molecule is CC(NC(=O)c1cc(Br)ccc1Br)C1CCCCC1. The fourth-order valence-electron chi connectivity index (χ4n) is 2.71. The lowest BCUT2D eigenvalue weighted by Crippen LogP contribution is -2.39. The first-order chi connectivity index (χ1) is 9.08. The van der Waals surface area contributed by atoms with Crippen molar-refractivity contribution in [1.82, 2.24) is 5.32 Å². The molecule has 1 aliphatic carbocycles. The molecule has 0 saturated heterocycles. The van der Waals surface area contributed by atoms with Crippen LogP contribution in [-0.2, 0) is 0 Å². The Hall–Kier alpha value is -0.350. The van der Waals surface area contributed by atoms with Crippen LogP contribution in [0.5, 0.6) is 0 Å². The monoisotopic (exact) mass is 387 g/mol. The number of nitrogens with one attached hydrogen (secondary N) is 1. The third-order valence-electron chi connectivity index (χ3n) is 3.89. The molecule has 1 aromatic carbocycles. The molecule has 1 atom stereocenters. The van der Waals surface area contributed by atoms with Gasteiger partial charge in [0.25, 0.3) is 5.91 Å². The van der Waals surface area contributed by atoms with Crippen molar-refractivity contribution in [2.24, 2.45) is 5.92 Å². The van der Waals surface area contributed by atoms with Crippen molar-refractivity contribution >= 4 is 37.8 Å². The number of rotatable bonds is 3. The minimum atomic E-state index is 0.00579. The van der Waals surface area contributed by atoms with Gasteiger partial charge in [0, 0.05) is 15.0 Å². The molecule has 1 aliphatic rings. The Morgan fingerprint density at radius 2 is 1.95 bits per heavy atom. The topological polar surface area (TPSA) is 29.1 Å². The first-order valence-corrected chi connectivity index (χ1v) is 8.42. The molecule has 0 aromatic heterocycles. The van der Waals surface area contributed by atoms with Crippen LogP contribution in [0, 0.1) is 5.92 Å². The molecule has 19 heavy (non-hydrogen) atoms. The van der Waals surface area contributed by atoms with Gasteiger partial charge in [-0.2, -0.15) is 0 Å². The van der Waals surface area contributed by atoms with Crippen molar-refractivity contribution in [3.8, 4) is 0 Å². The fraction of sp³-hybridized carbons (Fsp3) is 0.533. The number of hydrogen-bond acceptors (Lipinski definition) is 1. The molecule has 0 radical (unpaired) electrons. The second kappa shape index (κ2) is 6.89. The Balaban J connectivity index is 2.01. The summed E-state index contributed by atoms with van der Waals surface area (Å²) in [6, 6.07) is 5.92. The maximum absolute atomic E-state index is 12.3. The molecule has 104 valence electrons. The quantitative estimate of drug-likeness (QED) is 0.782. The molecule has 2 nitrogen and oxygen atoms in total. The van der Waals surface area contributed by atoms with Crippen molar-refractivity contribution in [2.45, 2.75) is 45.1 Å². The van der Waals surface area contributed by atoms with Crippen LogP contribution < -0.4 is 5.32 Å². The summed E-state index contributed by atoms with van der Waals surface area (Å²) >= 11 is 6.84. The summed E-state index contributed by atoms with van der Waals surface area (Å²) in [5.74, 6) is 0.634. The van der Waals surface area contributed by atoms with E-state index in [9.17, 15) is 4.79 Å². The Morgan fingerprint density at radius 1 is 1.26 bits per heavy atom.